The van der Waals surface area contributed by atoms with Crippen LogP contribution in [0.5, 0.6) is 0 Å². The van der Waals surface area contributed by atoms with Gasteiger partial charge in [0.2, 0.25) is 0 Å². The molecule has 1 aliphatic heterocycles. The van der Waals surface area contributed by atoms with Gasteiger partial charge in [-0.3, -0.25) is 0 Å². The molecule has 2 nitrogen and oxygen atoms in total. The van der Waals surface area contributed by atoms with E-state index in [1.807, 2.05) is 0 Å². The van der Waals surface area contributed by atoms with Gasteiger partial charge in [0.1, 0.15) is 6.29 Å². The summed E-state index contributed by atoms with van der Waals surface area (Å²) in [6.45, 7) is 2.42. The zero-order valence-electron chi connectivity index (χ0n) is 7.25. The number of carbonyl (C=O) groups is 1. The summed E-state index contributed by atoms with van der Waals surface area (Å²) in [7, 11) is 2.16. The molecule has 0 aromatic heterocycles. The summed E-state index contributed by atoms with van der Waals surface area (Å²) in [5, 5.41) is 0. The first-order valence-electron chi connectivity index (χ1n) is 4.45. The van der Waals surface area contributed by atoms with Crippen LogP contribution >= 0.6 is 0 Å². The second kappa shape index (κ2) is 4.50. The van der Waals surface area contributed by atoms with E-state index >= 15 is 0 Å². The Balaban J connectivity index is 2.12. The van der Waals surface area contributed by atoms with Crippen molar-refractivity contribution in [1.29, 1.82) is 0 Å². The number of likely N-dealkylation sites (tertiary alicyclic amines) is 1. The van der Waals surface area contributed by atoms with Crippen molar-refractivity contribution in [3.8, 4) is 0 Å². The standard InChI is InChI=1S/C9H17NO/c1-10-6-4-9(5-7-10)3-2-8-11/h8-9H,2-7H2,1H3. The fourth-order valence-corrected chi connectivity index (χ4v) is 1.65. The maximum absolute atomic E-state index is 10.1. The number of rotatable bonds is 3. The normalized spacial score (nSPS) is 21.9. The smallest absolute Gasteiger partial charge is 0.120 e. The van der Waals surface area contributed by atoms with Gasteiger partial charge in [0.15, 0.2) is 0 Å². The van der Waals surface area contributed by atoms with Crippen molar-refractivity contribution in [2.75, 3.05) is 20.1 Å². The summed E-state index contributed by atoms with van der Waals surface area (Å²) >= 11 is 0. The third kappa shape index (κ3) is 3.02. The van der Waals surface area contributed by atoms with Crippen LogP contribution < -0.4 is 0 Å². The van der Waals surface area contributed by atoms with Crippen molar-refractivity contribution < 1.29 is 4.79 Å². The lowest BCUT2D eigenvalue weighted by Gasteiger charge is -2.28. The molecule has 0 atom stereocenters. The fraction of sp³-hybridized carbons (Fsp3) is 0.889. The lowest BCUT2D eigenvalue weighted by atomic mass is 9.93. The summed E-state index contributed by atoms with van der Waals surface area (Å²) < 4.78 is 0. The average molecular weight is 155 g/mol. The highest BCUT2D eigenvalue weighted by Crippen LogP contribution is 2.19. The van der Waals surface area contributed by atoms with Crippen molar-refractivity contribution in [2.45, 2.75) is 25.7 Å². The molecule has 0 amide bonds. The highest BCUT2D eigenvalue weighted by atomic mass is 16.1. The van der Waals surface area contributed by atoms with Crippen LogP contribution in [0.15, 0.2) is 0 Å². The Kier molecular flexibility index (Phi) is 3.57. The number of nitrogens with zero attached hydrogens (tertiary/aromatic N) is 1. The zero-order chi connectivity index (χ0) is 8.10. The van der Waals surface area contributed by atoms with Crippen LogP contribution in [0, 0.1) is 5.92 Å². The molecule has 1 heterocycles. The predicted octanol–water partition coefficient (Wildman–Crippen LogP) is 1.31. The Bertz CT molecular complexity index is 117. The summed E-state index contributed by atoms with van der Waals surface area (Å²) in [5.74, 6) is 0.816. The first-order chi connectivity index (χ1) is 5.33. The van der Waals surface area contributed by atoms with Gasteiger partial charge in [-0.15, -0.1) is 0 Å². The van der Waals surface area contributed by atoms with E-state index < -0.39 is 0 Å². The predicted molar refractivity (Wildman–Crippen MR) is 45.5 cm³/mol. The van der Waals surface area contributed by atoms with Crippen LogP contribution in [0.2, 0.25) is 0 Å². The largest absolute Gasteiger partial charge is 0.306 e. The molecule has 1 saturated heterocycles. The highest BCUT2D eigenvalue weighted by molar-refractivity contribution is 5.49. The Labute approximate surface area is 68.6 Å². The van der Waals surface area contributed by atoms with E-state index in [2.05, 4.69) is 11.9 Å². The second-order valence-corrected chi connectivity index (χ2v) is 3.49. The van der Waals surface area contributed by atoms with E-state index in [1.165, 1.54) is 25.9 Å². The molecule has 0 N–H and O–H groups in total. The van der Waals surface area contributed by atoms with Gasteiger partial charge in [-0.25, -0.2) is 0 Å². The van der Waals surface area contributed by atoms with Gasteiger partial charge in [-0.2, -0.15) is 0 Å². The van der Waals surface area contributed by atoms with Crippen LogP contribution in [0.3, 0.4) is 0 Å². The van der Waals surface area contributed by atoms with Gasteiger partial charge in [0.05, 0.1) is 0 Å². The molecular formula is C9H17NO. The van der Waals surface area contributed by atoms with Crippen LogP contribution in [-0.2, 0) is 4.79 Å². The Morgan fingerprint density at radius 3 is 2.64 bits per heavy atom. The molecule has 0 radical (unpaired) electrons. The van der Waals surface area contributed by atoms with E-state index in [0.29, 0.717) is 0 Å². The maximum atomic E-state index is 10.1. The van der Waals surface area contributed by atoms with Crippen molar-refractivity contribution in [3.05, 3.63) is 0 Å². The summed E-state index contributed by atoms with van der Waals surface area (Å²) in [6, 6.07) is 0. The molecule has 0 unspecified atom stereocenters. The van der Waals surface area contributed by atoms with Crippen molar-refractivity contribution in [1.82, 2.24) is 4.90 Å². The SMILES string of the molecule is CN1CCC(CCC=O)CC1. The third-order valence-corrected chi connectivity index (χ3v) is 2.53. The summed E-state index contributed by atoms with van der Waals surface area (Å²) in [6.07, 6.45) is 5.47. The number of hydrogen-bond acceptors (Lipinski definition) is 2. The molecule has 0 aliphatic carbocycles. The minimum absolute atomic E-state index is 0.758. The molecule has 1 aliphatic rings. The minimum Gasteiger partial charge on any atom is -0.306 e. The first kappa shape index (κ1) is 8.72. The lowest BCUT2D eigenvalue weighted by molar-refractivity contribution is -0.108. The molecular weight excluding hydrogens is 138 g/mol. The molecule has 0 aromatic rings. The van der Waals surface area contributed by atoms with Gasteiger partial charge in [0.25, 0.3) is 0 Å². The fourth-order valence-electron chi connectivity index (χ4n) is 1.65. The highest BCUT2D eigenvalue weighted by Gasteiger charge is 2.15. The van der Waals surface area contributed by atoms with Crippen LogP contribution in [0.25, 0.3) is 0 Å². The third-order valence-electron chi connectivity index (χ3n) is 2.53. The van der Waals surface area contributed by atoms with E-state index in [4.69, 9.17) is 0 Å². The monoisotopic (exact) mass is 155 g/mol. The van der Waals surface area contributed by atoms with Gasteiger partial charge in [-0.1, -0.05) is 0 Å². The zero-order valence-corrected chi connectivity index (χ0v) is 7.25. The molecule has 1 rings (SSSR count). The van der Waals surface area contributed by atoms with Crippen LogP contribution in [0.4, 0.5) is 0 Å². The topological polar surface area (TPSA) is 20.3 Å². The molecule has 0 spiro atoms. The number of carbonyl (C=O) groups excluding carboxylic acids is 1. The lowest BCUT2D eigenvalue weighted by Crippen LogP contribution is -2.30. The second-order valence-electron chi connectivity index (χ2n) is 3.49. The Morgan fingerprint density at radius 2 is 2.09 bits per heavy atom. The van der Waals surface area contributed by atoms with Crippen molar-refractivity contribution in [2.24, 2.45) is 5.92 Å². The quantitative estimate of drug-likeness (QED) is 0.573. The summed E-state index contributed by atoms with van der Waals surface area (Å²) in [4.78, 5) is 12.5. The van der Waals surface area contributed by atoms with Gasteiger partial charge in [-0.05, 0) is 45.3 Å². The molecule has 11 heavy (non-hydrogen) atoms. The van der Waals surface area contributed by atoms with Crippen molar-refractivity contribution in [3.63, 3.8) is 0 Å². The van der Waals surface area contributed by atoms with Crippen LogP contribution in [0.1, 0.15) is 25.7 Å². The van der Waals surface area contributed by atoms with Gasteiger partial charge < -0.3 is 9.69 Å². The number of piperidine rings is 1. The van der Waals surface area contributed by atoms with Gasteiger partial charge in [0, 0.05) is 6.42 Å². The number of hydrogen-bond donors (Lipinski definition) is 0. The molecule has 2 heteroatoms. The average Bonchev–Trinajstić information content (AvgIpc) is 2.04. The van der Waals surface area contributed by atoms with E-state index in [0.717, 1.165) is 25.0 Å². The first-order valence-corrected chi connectivity index (χ1v) is 4.45. The van der Waals surface area contributed by atoms with E-state index in [1.54, 1.807) is 0 Å². The van der Waals surface area contributed by atoms with Gasteiger partial charge >= 0.3 is 0 Å². The molecule has 0 aromatic carbocycles. The molecule has 1 fully saturated rings. The number of aldehydes is 1. The molecule has 0 saturated carbocycles. The Hall–Kier alpha value is -0.370. The van der Waals surface area contributed by atoms with Crippen LogP contribution in [-0.4, -0.2) is 31.3 Å². The van der Waals surface area contributed by atoms with Crippen molar-refractivity contribution >= 4 is 6.29 Å². The molecule has 64 valence electrons. The maximum Gasteiger partial charge on any atom is 0.120 e. The molecule has 0 bridgehead atoms. The Morgan fingerprint density at radius 1 is 1.45 bits per heavy atom. The summed E-state index contributed by atoms with van der Waals surface area (Å²) in [5.41, 5.74) is 0. The minimum atomic E-state index is 0.758. The van der Waals surface area contributed by atoms with E-state index in [9.17, 15) is 4.79 Å². The van der Waals surface area contributed by atoms with E-state index in [-0.39, 0.29) is 0 Å².